The van der Waals surface area contributed by atoms with Gasteiger partial charge in [0.15, 0.2) is 6.10 Å². The van der Waals surface area contributed by atoms with E-state index in [2.05, 4.69) is 10.0 Å². The maximum Gasteiger partial charge on any atom is 0.338 e. The molecule has 0 spiro atoms. The topological polar surface area (TPSA) is 120 Å². The average Bonchev–Trinajstić information content (AvgIpc) is 2.85. The molecule has 2 N–H and O–H groups in total. The van der Waals surface area contributed by atoms with E-state index in [0.717, 1.165) is 5.56 Å². The van der Waals surface area contributed by atoms with Crippen LogP contribution in [0.3, 0.4) is 0 Å². The molecule has 0 aliphatic rings. The van der Waals surface area contributed by atoms with Crippen molar-refractivity contribution in [3.8, 4) is 11.5 Å². The minimum Gasteiger partial charge on any atom is -0.497 e. The number of methoxy groups -OCH3 is 2. The monoisotopic (exact) mass is 498 g/mol. The smallest absolute Gasteiger partial charge is 0.338 e. The molecule has 184 valence electrons. The van der Waals surface area contributed by atoms with Gasteiger partial charge < -0.3 is 19.5 Å². The van der Waals surface area contributed by atoms with Crippen LogP contribution < -0.4 is 19.5 Å². The highest BCUT2D eigenvalue weighted by atomic mass is 32.2. The Morgan fingerprint density at radius 2 is 1.54 bits per heavy atom. The number of sulfonamides is 1. The van der Waals surface area contributed by atoms with Gasteiger partial charge in [0.05, 0.1) is 30.4 Å². The number of esters is 1. The number of carbonyl (C=O) groups excluding carboxylic acids is 2. The van der Waals surface area contributed by atoms with Gasteiger partial charge in [0.2, 0.25) is 0 Å². The van der Waals surface area contributed by atoms with Crippen molar-refractivity contribution in [3.05, 3.63) is 77.9 Å². The first-order valence-electron chi connectivity index (χ1n) is 10.6. The van der Waals surface area contributed by atoms with Crippen LogP contribution in [0.4, 0.5) is 11.4 Å². The molecule has 10 heteroatoms. The second-order valence-corrected chi connectivity index (χ2v) is 9.28. The minimum atomic E-state index is -3.84. The van der Waals surface area contributed by atoms with E-state index < -0.39 is 28.0 Å². The van der Waals surface area contributed by atoms with E-state index >= 15 is 0 Å². The number of amides is 1. The van der Waals surface area contributed by atoms with Crippen LogP contribution in [0.2, 0.25) is 0 Å². The molecule has 3 rings (SSSR count). The molecule has 1 atom stereocenters. The molecule has 0 radical (unpaired) electrons. The van der Waals surface area contributed by atoms with E-state index in [0.29, 0.717) is 22.9 Å². The molecule has 1 amide bonds. The highest BCUT2D eigenvalue weighted by Gasteiger charge is 2.21. The van der Waals surface area contributed by atoms with E-state index in [-0.39, 0.29) is 10.5 Å². The van der Waals surface area contributed by atoms with Crippen molar-refractivity contribution >= 4 is 33.3 Å². The molecule has 3 aromatic carbocycles. The first kappa shape index (κ1) is 25.6. The lowest BCUT2D eigenvalue weighted by atomic mass is 10.2. The summed E-state index contributed by atoms with van der Waals surface area (Å²) in [5.41, 5.74) is 1.88. The molecular weight excluding hydrogens is 472 g/mol. The van der Waals surface area contributed by atoms with Crippen molar-refractivity contribution in [2.75, 3.05) is 24.3 Å². The van der Waals surface area contributed by atoms with Gasteiger partial charge in [-0.1, -0.05) is 17.7 Å². The number of rotatable bonds is 9. The molecule has 3 aromatic rings. The normalized spacial score (nSPS) is 11.8. The quantitative estimate of drug-likeness (QED) is 0.428. The first-order valence-corrected chi connectivity index (χ1v) is 12.0. The largest absolute Gasteiger partial charge is 0.497 e. The molecule has 0 saturated carbocycles. The Labute approximate surface area is 204 Å². The average molecular weight is 499 g/mol. The summed E-state index contributed by atoms with van der Waals surface area (Å²) in [5, 5.41) is 2.64. The molecule has 9 nitrogen and oxygen atoms in total. The van der Waals surface area contributed by atoms with E-state index in [1.807, 2.05) is 6.92 Å². The molecule has 0 fully saturated rings. The number of nitrogens with one attached hydrogen (secondary N) is 2. The van der Waals surface area contributed by atoms with Gasteiger partial charge in [0.25, 0.3) is 15.9 Å². The predicted molar refractivity (Wildman–Crippen MR) is 131 cm³/mol. The Balaban J connectivity index is 1.64. The van der Waals surface area contributed by atoms with Crippen LogP contribution in [0.15, 0.2) is 71.6 Å². The van der Waals surface area contributed by atoms with E-state index in [9.17, 15) is 18.0 Å². The summed E-state index contributed by atoms with van der Waals surface area (Å²) in [6, 6.07) is 17.0. The zero-order valence-electron chi connectivity index (χ0n) is 19.7. The number of carbonyl (C=O) groups is 2. The van der Waals surface area contributed by atoms with Crippen molar-refractivity contribution in [2.45, 2.75) is 24.8 Å². The van der Waals surface area contributed by atoms with Gasteiger partial charge in [-0.05, 0) is 62.4 Å². The van der Waals surface area contributed by atoms with Crippen LogP contribution in [0, 0.1) is 6.92 Å². The number of aryl methyl sites for hydroxylation is 1. The standard InChI is InChI=1S/C25H26N2O7S/c1-16-5-9-19(10-6-16)27-35(30,31)21-12-7-18(8-13-21)25(29)34-17(2)24(28)26-22-15-20(32-3)11-14-23(22)33-4/h5-15,17,27H,1-4H3,(H,26,28). The van der Waals surface area contributed by atoms with Gasteiger partial charge in [0, 0.05) is 11.8 Å². The Bertz CT molecular complexity index is 1300. The van der Waals surface area contributed by atoms with E-state index in [1.54, 1.807) is 42.5 Å². The summed E-state index contributed by atoms with van der Waals surface area (Å²) >= 11 is 0. The molecule has 35 heavy (non-hydrogen) atoms. The summed E-state index contributed by atoms with van der Waals surface area (Å²) in [7, 11) is -0.888. The highest BCUT2D eigenvalue weighted by molar-refractivity contribution is 7.92. The molecule has 1 unspecified atom stereocenters. The summed E-state index contributed by atoms with van der Waals surface area (Å²) < 4.78 is 43.3. The van der Waals surface area contributed by atoms with Crippen molar-refractivity contribution in [1.82, 2.24) is 0 Å². The third kappa shape index (κ3) is 6.51. The molecule has 0 heterocycles. The predicted octanol–water partition coefficient (Wildman–Crippen LogP) is 4.00. The maximum atomic E-state index is 12.6. The van der Waals surface area contributed by atoms with Crippen LogP contribution in [0.1, 0.15) is 22.8 Å². The van der Waals surface area contributed by atoms with E-state index in [1.165, 1.54) is 45.4 Å². The minimum absolute atomic E-state index is 0.0227. The molecule has 0 bridgehead atoms. The molecule has 0 aliphatic heterocycles. The Morgan fingerprint density at radius 3 is 2.14 bits per heavy atom. The lowest BCUT2D eigenvalue weighted by molar-refractivity contribution is -0.123. The lowest BCUT2D eigenvalue weighted by Crippen LogP contribution is -2.30. The number of hydrogen-bond donors (Lipinski definition) is 2. The zero-order valence-corrected chi connectivity index (χ0v) is 20.5. The molecular formula is C25H26N2O7S. The SMILES string of the molecule is COc1ccc(OC)c(NC(=O)C(C)OC(=O)c2ccc(S(=O)(=O)Nc3ccc(C)cc3)cc2)c1. The van der Waals surface area contributed by atoms with Crippen LogP contribution in [0.5, 0.6) is 11.5 Å². The second-order valence-electron chi connectivity index (χ2n) is 7.60. The zero-order chi connectivity index (χ0) is 25.6. The Morgan fingerprint density at radius 1 is 0.886 bits per heavy atom. The van der Waals surface area contributed by atoms with Crippen LogP contribution >= 0.6 is 0 Å². The van der Waals surface area contributed by atoms with Crippen molar-refractivity contribution in [3.63, 3.8) is 0 Å². The third-order valence-corrected chi connectivity index (χ3v) is 6.42. The molecule has 0 aromatic heterocycles. The summed E-state index contributed by atoms with van der Waals surface area (Å²) in [5.74, 6) is -0.432. The van der Waals surface area contributed by atoms with Crippen LogP contribution in [-0.2, 0) is 19.6 Å². The van der Waals surface area contributed by atoms with Crippen molar-refractivity contribution in [2.24, 2.45) is 0 Å². The van der Waals surface area contributed by atoms with Gasteiger partial charge in [-0.15, -0.1) is 0 Å². The van der Waals surface area contributed by atoms with Gasteiger partial charge in [0.1, 0.15) is 11.5 Å². The Hall–Kier alpha value is -4.05. The Kier molecular flexibility index (Phi) is 7.98. The van der Waals surface area contributed by atoms with Gasteiger partial charge in [-0.25, -0.2) is 13.2 Å². The van der Waals surface area contributed by atoms with Gasteiger partial charge in [-0.2, -0.15) is 0 Å². The number of hydrogen-bond acceptors (Lipinski definition) is 7. The fourth-order valence-corrected chi connectivity index (χ4v) is 4.09. The lowest BCUT2D eigenvalue weighted by Gasteiger charge is -2.16. The third-order valence-electron chi connectivity index (χ3n) is 5.02. The van der Waals surface area contributed by atoms with Crippen LogP contribution in [0.25, 0.3) is 0 Å². The van der Waals surface area contributed by atoms with Crippen molar-refractivity contribution < 1.29 is 32.2 Å². The number of ether oxygens (including phenoxy) is 3. The van der Waals surface area contributed by atoms with Gasteiger partial charge >= 0.3 is 5.97 Å². The second kappa shape index (κ2) is 10.9. The van der Waals surface area contributed by atoms with Crippen LogP contribution in [-0.4, -0.2) is 40.6 Å². The summed E-state index contributed by atoms with van der Waals surface area (Å²) in [6.07, 6.45) is -1.13. The summed E-state index contributed by atoms with van der Waals surface area (Å²) in [4.78, 5) is 25.0. The molecule has 0 aliphatic carbocycles. The fourth-order valence-electron chi connectivity index (χ4n) is 3.03. The first-order chi connectivity index (χ1) is 16.6. The van der Waals surface area contributed by atoms with E-state index in [4.69, 9.17) is 14.2 Å². The van der Waals surface area contributed by atoms with Crippen molar-refractivity contribution in [1.29, 1.82) is 0 Å². The number of benzene rings is 3. The highest BCUT2D eigenvalue weighted by Crippen LogP contribution is 2.29. The van der Waals surface area contributed by atoms with Gasteiger partial charge in [-0.3, -0.25) is 9.52 Å². The fraction of sp³-hybridized carbons (Fsp3) is 0.200. The number of anilines is 2. The molecule has 0 saturated heterocycles. The summed E-state index contributed by atoms with van der Waals surface area (Å²) in [6.45, 7) is 3.32. The maximum absolute atomic E-state index is 12.6.